The van der Waals surface area contributed by atoms with Crippen molar-refractivity contribution in [2.75, 3.05) is 0 Å². The lowest BCUT2D eigenvalue weighted by atomic mass is 10.0. The van der Waals surface area contributed by atoms with Gasteiger partial charge in [0.05, 0.1) is 0 Å². The normalized spacial score (nSPS) is 14.1. The van der Waals surface area contributed by atoms with Gasteiger partial charge >= 0.3 is 0 Å². The Bertz CT molecular complexity index is 184. The quantitative estimate of drug-likeness (QED) is 0.539. The van der Waals surface area contributed by atoms with E-state index in [1.54, 1.807) is 0 Å². The molecule has 0 spiro atoms. The smallest absolute Gasteiger partial charge is 0.00107 e. The van der Waals surface area contributed by atoms with Crippen LogP contribution in [0.3, 0.4) is 0 Å². The topological polar surface area (TPSA) is 0 Å². The Kier molecular flexibility index (Phi) is 5.44. The van der Waals surface area contributed by atoms with Crippen LogP contribution in [-0.4, -0.2) is 0 Å². The Morgan fingerprint density at radius 2 is 2.00 bits per heavy atom. The summed E-state index contributed by atoms with van der Waals surface area (Å²) in [5, 5.41) is 0. The van der Waals surface area contributed by atoms with Crippen LogP contribution in [0.4, 0.5) is 0 Å². The summed E-state index contributed by atoms with van der Waals surface area (Å²) in [6, 6.07) is 0. The van der Waals surface area contributed by atoms with Gasteiger partial charge < -0.3 is 0 Å². The van der Waals surface area contributed by atoms with E-state index in [-0.39, 0.29) is 0 Å². The fourth-order valence-corrected chi connectivity index (χ4v) is 0.921. The molecule has 0 heteroatoms. The molecule has 0 fully saturated rings. The molecule has 0 heterocycles. The Balaban J connectivity index is 3.85. The molecule has 0 aromatic carbocycles. The van der Waals surface area contributed by atoms with Gasteiger partial charge in [-0.3, -0.25) is 0 Å². The summed E-state index contributed by atoms with van der Waals surface area (Å²) in [5.41, 5.74) is 2.55. The molecule has 0 bridgehead atoms. The summed E-state index contributed by atoms with van der Waals surface area (Å²) in [7, 11) is 0. The summed E-state index contributed by atoms with van der Waals surface area (Å²) in [4.78, 5) is 0. The second kappa shape index (κ2) is 5.82. The van der Waals surface area contributed by atoms with Gasteiger partial charge in [0, 0.05) is 0 Å². The van der Waals surface area contributed by atoms with E-state index in [1.165, 1.54) is 11.1 Å². The lowest BCUT2D eigenvalue weighted by molar-refractivity contribution is 0.849. The van der Waals surface area contributed by atoms with E-state index in [4.69, 9.17) is 0 Å². The van der Waals surface area contributed by atoms with Crippen molar-refractivity contribution in [2.24, 2.45) is 5.92 Å². The third kappa shape index (κ3) is 5.96. The molecule has 0 amide bonds. The lowest BCUT2D eigenvalue weighted by Crippen LogP contribution is -1.87. The zero-order chi connectivity index (χ0) is 9.56. The maximum atomic E-state index is 3.87. The predicted molar refractivity (Wildman–Crippen MR) is 55.8 cm³/mol. The first-order chi connectivity index (χ1) is 5.56. The second-order valence-corrected chi connectivity index (χ2v) is 3.41. The van der Waals surface area contributed by atoms with Crippen molar-refractivity contribution < 1.29 is 0 Å². The SMILES string of the molecule is C=CC(C)/[C]=C(\C)CCC(=C)C. The zero-order valence-electron chi connectivity index (χ0n) is 8.48. The average molecular weight is 163 g/mol. The Labute approximate surface area is 76.7 Å². The predicted octanol–water partition coefficient (Wildman–Crippen LogP) is 3.91. The fraction of sp³-hybridized carbons (Fsp3) is 0.500. The molecule has 0 saturated heterocycles. The molecule has 0 aromatic heterocycles. The Morgan fingerprint density at radius 1 is 1.42 bits per heavy atom. The summed E-state index contributed by atoms with van der Waals surface area (Å²) in [5.74, 6) is 0.370. The standard InChI is InChI=1S/C12H19/c1-6-11(4)9-12(5)8-7-10(2)3/h6,11H,1-2,7-8H2,3-5H3. The van der Waals surface area contributed by atoms with Crippen LogP contribution in [-0.2, 0) is 0 Å². The molecule has 67 valence electrons. The first-order valence-electron chi connectivity index (χ1n) is 4.42. The molecular formula is C12H19. The molecule has 0 aliphatic heterocycles. The van der Waals surface area contributed by atoms with Gasteiger partial charge in [-0.2, -0.15) is 0 Å². The van der Waals surface area contributed by atoms with E-state index in [9.17, 15) is 0 Å². The van der Waals surface area contributed by atoms with Crippen LogP contribution in [0.2, 0.25) is 0 Å². The molecule has 1 unspecified atom stereocenters. The van der Waals surface area contributed by atoms with Crippen molar-refractivity contribution in [3.05, 3.63) is 36.5 Å². The van der Waals surface area contributed by atoms with Crippen molar-refractivity contribution in [1.29, 1.82) is 0 Å². The van der Waals surface area contributed by atoms with Crippen LogP contribution in [0, 0.1) is 12.0 Å². The lowest BCUT2D eigenvalue weighted by Gasteiger charge is -2.02. The Morgan fingerprint density at radius 3 is 2.42 bits per heavy atom. The highest BCUT2D eigenvalue weighted by Gasteiger charge is 1.94. The molecule has 0 rings (SSSR count). The third-order valence-electron chi connectivity index (χ3n) is 1.75. The van der Waals surface area contributed by atoms with Crippen molar-refractivity contribution in [3.63, 3.8) is 0 Å². The summed E-state index contributed by atoms with van der Waals surface area (Å²) in [6.07, 6.45) is 7.40. The maximum absolute atomic E-state index is 3.87. The van der Waals surface area contributed by atoms with E-state index < -0.39 is 0 Å². The van der Waals surface area contributed by atoms with E-state index in [0.29, 0.717) is 5.92 Å². The highest BCUT2D eigenvalue weighted by atomic mass is 14.0. The van der Waals surface area contributed by atoms with Crippen LogP contribution in [0.5, 0.6) is 0 Å². The van der Waals surface area contributed by atoms with Gasteiger partial charge in [0.2, 0.25) is 0 Å². The van der Waals surface area contributed by atoms with Crippen molar-refractivity contribution in [3.8, 4) is 0 Å². The van der Waals surface area contributed by atoms with E-state index in [2.05, 4.69) is 40.0 Å². The zero-order valence-corrected chi connectivity index (χ0v) is 8.48. The summed E-state index contributed by atoms with van der Waals surface area (Å²) in [6.45, 7) is 13.8. The maximum Gasteiger partial charge on any atom is -0.00107 e. The van der Waals surface area contributed by atoms with Crippen LogP contribution >= 0.6 is 0 Å². The molecule has 0 aromatic rings. The summed E-state index contributed by atoms with van der Waals surface area (Å²) >= 11 is 0. The molecular weight excluding hydrogens is 144 g/mol. The van der Waals surface area contributed by atoms with E-state index >= 15 is 0 Å². The highest BCUT2D eigenvalue weighted by molar-refractivity contribution is 5.02. The van der Waals surface area contributed by atoms with Gasteiger partial charge in [-0.1, -0.05) is 24.1 Å². The first-order valence-corrected chi connectivity index (χ1v) is 4.42. The highest BCUT2D eigenvalue weighted by Crippen LogP contribution is 2.11. The van der Waals surface area contributed by atoms with Crippen molar-refractivity contribution in [1.82, 2.24) is 0 Å². The van der Waals surface area contributed by atoms with Crippen molar-refractivity contribution >= 4 is 0 Å². The third-order valence-corrected chi connectivity index (χ3v) is 1.75. The van der Waals surface area contributed by atoms with Crippen LogP contribution < -0.4 is 0 Å². The van der Waals surface area contributed by atoms with Gasteiger partial charge in [0.25, 0.3) is 0 Å². The minimum Gasteiger partial charge on any atom is -0.102 e. The van der Waals surface area contributed by atoms with E-state index in [0.717, 1.165) is 12.8 Å². The van der Waals surface area contributed by atoms with Gasteiger partial charge in [-0.15, -0.1) is 13.2 Å². The molecule has 0 N–H and O–H groups in total. The molecule has 0 nitrogen and oxygen atoms in total. The molecule has 12 heavy (non-hydrogen) atoms. The number of hydrogen-bond acceptors (Lipinski definition) is 0. The monoisotopic (exact) mass is 163 g/mol. The minimum atomic E-state index is 0.370. The largest absolute Gasteiger partial charge is 0.102 e. The van der Waals surface area contributed by atoms with Crippen LogP contribution in [0.1, 0.15) is 33.6 Å². The number of hydrogen-bond donors (Lipinski definition) is 0. The molecule has 0 aliphatic rings. The number of rotatable bonds is 5. The molecule has 1 radical (unpaired) electrons. The fourth-order valence-electron chi connectivity index (χ4n) is 0.921. The van der Waals surface area contributed by atoms with E-state index in [1.807, 2.05) is 6.08 Å². The molecule has 1 atom stereocenters. The van der Waals surface area contributed by atoms with Crippen molar-refractivity contribution in [2.45, 2.75) is 33.6 Å². The Hall–Kier alpha value is -0.780. The van der Waals surface area contributed by atoms with Crippen LogP contribution in [0.15, 0.2) is 30.4 Å². The first kappa shape index (κ1) is 11.2. The van der Waals surface area contributed by atoms with Gasteiger partial charge in [-0.05, 0) is 38.7 Å². The van der Waals surface area contributed by atoms with Gasteiger partial charge in [0.15, 0.2) is 0 Å². The summed E-state index contributed by atoms with van der Waals surface area (Å²) < 4.78 is 0. The van der Waals surface area contributed by atoms with Gasteiger partial charge in [-0.25, -0.2) is 0 Å². The number of allylic oxidation sites excluding steroid dienone is 4. The minimum absolute atomic E-state index is 0.370. The molecule has 0 saturated carbocycles. The molecule has 0 aliphatic carbocycles. The van der Waals surface area contributed by atoms with Gasteiger partial charge in [0.1, 0.15) is 0 Å². The average Bonchev–Trinajstić information content (AvgIpc) is 2.00. The second-order valence-electron chi connectivity index (χ2n) is 3.41. The van der Waals surface area contributed by atoms with Crippen LogP contribution in [0.25, 0.3) is 0 Å².